The van der Waals surface area contributed by atoms with Crippen LogP contribution in [0, 0.1) is 15.9 Å². The third-order valence-corrected chi connectivity index (χ3v) is 3.38. The van der Waals surface area contributed by atoms with Gasteiger partial charge >= 0.3 is 11.8 Å². The minimum atomic E-state index is -0.884. The molecule has 0 saturated carbocycles. The number of hydrogen-bond donors (Lipinski definition) is 1. The Kier molecular flexibility index (Phi) is 4.56. The highest BCUT2D eigenvalue weighted by atomic mass is 19.1. The van der Waals surface area contributed by atoms with Crippen molar-refractivity contribution in [3.8, 4) is 0 Å². The van der Waals surface area contributed by atoms with Gasteiger partial charge in [0.2, 0.25) is 5.82 Å². The van der Waals surface area contributed by atoms with Gasteiger partial charge in [0, 0.05) is 19.1 Å². The first-order valence-electron chi connectivity index (χ1n) is 6.55. The predicted molar refractivity (Wildman–Crippen MR) is 73.7 cm³/mol. The minimum Gasteiger partial charge on any atom is -0.453 e. The number of piperidine rings is 1. The Morgan fingerprint density at radius 2 is 2.33 bits per heavy atom. The Balaban J connectivity index is 2.13. The van der Waals surface area contributed by atoms with E-state index in [0.717, 1.165) is 18.9 Å². The van der Waals surface area contributed by atoms with Gasteiger partial charge in [-0.3, -0.25) is 10.1 Å². The average molecular weight is 297 g/mol. The summed E-state index contributed by atoms with van der Waals surface area (Å²) < 4.78 is 18.2. The number of nitrogens with one attached hydrogen (secondary N) is 1. The van der Waals surface area contributed by atoms with E-state index in [1.807, 2.05) is 0 Å². The fourth-order valence-electron chi connectivity index (χ4n) is 2.43. The number of nitrogens with zero attached hydrogens (tertiary/aromatic N) is 2. The van der Waals surface area contributed by atoms with E-state index in [-0.39, 0.29) is 11.7 Å². The van der Waals surface area contributed by atoms with Crippen LogP contribution in [0.1, 0.15) is 12.8 Å². The Hall–Kier alpha value is -2.38. The summed E-state index contributed by atoms with van der Waals surface area (Å²) in [5, 5.41) is 13.9. The predicted octanol–water partition coefficient (Wildman–Crippen LogP) is 2.38. The second-order valence-corrected chi connectivity index (χ2v) is 4.79. The van der Waals surface area contributed by atoms with Crippen LogP contribution in [0.3, 0.4) is 0 Å². The van der Waals surface area contributed by atoms with Crippen molar-refractivity contribution < 1.29 is 18.8 Å². The van der Waals surface area contributed by atoms with Crippen LogP contribution in [0.5, 0.6) is 0 Å². The van der Waals surface area contributed by atoms with Gasteiger partial charge in [0.05, 0.1) is 12.0 Å². The summed E-state index contributed by atoms with van der Waals surface area (Å²) >= 11 is 0. The van der Waals surface area contributed by atoms with Crippen molar-refractivity contribution in [2.75, 3.05) is 25.5 Å². The molecule has 1 N–H and O–H groups in total. The van der Waals surface area contributed by atoms with E-state index in [0.29, 0.717) is 13.1 Å². The van der Waals surface area contributed by atoms with Gasteiger partial charge in [0.1, 0.15) is 5.69 Å². The van der Waals surface area contributed by atoms with Crippen LogP contribution in [0.4, 0.5) is 20.6 Å². The van der Waals surface area contributed by atoms with Crippen molar-refractivity contribution in [2.45, 2.75) is 18.9 Å². The van der Waals surface area contributed by atoms with E-state index in [1.54, 1.807) is 0 Å². The Bertz CT molecular complexity index is 552. The topological polar surface area (TPSA) is 84.7 Å². The average Bonchev–Trinajstić information content (AvgIpc) is 2.46. The molecule has 1 fully saturated rings. The van der Waals surface area contributed by atoms with Crippen molar-refractivity contribution in [1.82, 2.24) is 4.90 Å². The van der Waals surface area contributed by atoms with Crippen LogP contribution in [0.25, 0.3) is 0 Å². The molecule has 114 valence electrons. The lowest BCUT2D eigenvalue weighted by Gasteiger charge is -2.32. The molecule has 1 amide bonds. The monoisotopic (exact) mass is 297 g/mol. The molecule has 1 aliphatic rings. The summed E-state index contributed by atoms with van der Waals surface area (Å²) in [5.41, 5.74) is -0.454. The van der Waals surface area contributed by atoms with Gasteiger partial charge in [-0.25, -0.2) is 4.79 Å². The summed E-state index contributed by atoms with van der Waals surface area (Å²) in [5.74, 6) is -0.884. The van der Waals surface area contributed by atoms with Gasteiger partial charge in [-0.15, -0.1) is 0 Å². The molecule has 7 nitrogen and oxygen atoms in total. The van der Waals surface area contributed by atoms with Crippen LogP contribution in [0.15, 0.2) is 18.2 Å². The molecule has 1 aliphatic heterocycles. The zero-order chi connectivity index (χ0) is 15.4. The largest absolute Gasteiger partial charge is 0.453 e. The highest BCUT2D eigenvalue weighted by Gasteiger charge is 2.27. The zero-order valence-corrected chi connectivity index (χ0v) is 11.5. The number of nitro benzene ring substituents is 1. The van der Waals surface area contributed by atoms with Crippen molar-refractivity contribution in [3.05, 3.63) is 34.1 Å². The number of nitro groups is 1. The number of para-hydroxylation sites is 1. The maximum absolute atomic E-state index is 13.5. The summed E-state index contributed by atoms with van der Waals surface area (Å²) in [6, 6.07) is 3.73. The molecule has 0 aliphatic carbocycles. The van der Waals surface area contributed by atoms with Crippen LogP contribution in [-0.4, -0.2) is 42.2 Å². The molecule has 1 aromatic carbocycles. The number of carbonyl (C=O) groups is 1. The number of halogens is 1. The fourth-order valence-corrected chi connectivity index (χ4v) is 2.43. The van der Waals surface area contributed by atoms with Gasteiger partial charge in [-0.1, -0.05) is 6.07 Å². The molecule has 1 saturated heterocycles. The number of carbonyl (C=O) groups excluding carboxylic acids is 1. The highest BCUT2D eigenvalue weighted by Crippen LogP contribution is 2.29. The number of anilines is 1. The Labute approximate surface area is 120 Å². The van der Waals surface area contributed by atoms with Crippen LogP contribution >= 0.6 is 0 Å². The fraction of sp³-hybridized carbons (Fsp3) is 0.462. The van der Waals surface area contributed by atoms with E-state index in [4.69, 9.17) is 0 Å². The van der Waals surface area contributed by atoms with Crippen LogP contribution < -0.4 is 5.32 Å². The number of methoxy groups -OCH3 is 1. The maximum atomic E-state index is 13.5. The molecular weight excluding hydrogens is 281 g/mol. The van der Waals surface area contributed by atoms with Gasteiger partial charge in [0.15, 0.2) is 0 Å². The van der Waals surface area contributed by atoms with E-state index < -0.39 is 22.5 Å². The second-order valence-electron chi connectivity index (χ2n) is 4.79. The number of ether oxygens (including phenoxy) is 1. The lowest BCUT2D eigenvalue weighted by molar-refractivity contribution is -0.386. The number of benzene rings is 1. The molecule has 8 heteroatoms. The number of rotatable bonds is 3. The van der Waals surface area contributed by atoms with Crippen LogP contribution in [-0.2, 0) is 4.74 Å². The van der Waals surface area contributed by atoms with Gasteiger partial charge in [-0.05, 0) is 25.0 Å². The molecule has 0 aromatic heterocycles. The molecule has 0 radical (unpaired) electrons. The molecule has 21 heavy (non-hydrogen) atoms. The summed E-state index contributed by atoms with van der Waals surface area (Å²) in [7, 11) is 1.30. The first kappa shape index (κ1) is 15.0. The zero-order valence-electron chi connectivity index (χ0n) is 11.5. The molecule has 1 atom stereocenters. The van der Waals surface area contributed by atoms with E-state index in [9.17, 15) is 19.3 Å². The standard InChI is InChI=1S/C13H16FN3O4/c1-21-13(18)16-7-3-4-9(8-16)15-11-6-2-5-10(14)12(11)17(19)20/h2,5-6,9,15H,3-4,7-8H2,1H3. The molecular formula is C13H16FN3O4. The Morgan fingerprint density at radius 3 is 3.00 bits per heavy atom. The normalized spacial score (nSPS) is 18.2. The lowest BCUT2D eigenvalue weighted by atomic mass is 10.1. The van der Waals surface area contributed by atoms with E-state index in [2.05, 4.69) is 10.1 Å². The lowest BCUT2D eigenvalue weighted by Crippen LogP contribution is -2.45. The van der Waals surface area contributed by atoms with E-state index >= 15 is 0 Å². The molecule has 0 spiro atoms. The van der Waals surface area contributed by atoms with Gasteiger partial charge in [0.25, 0.3) is 0 Å². The van der Waals surface area contributed by atoms with Crippen molar-refractivity contribution in [3.63, 3.8) is 0 Å². The summed E-state index contributed by atoms with van der Waals surface area (Å²) in [4.78, 5) is 23.2. The van der Waals surface area contributed by atoms with Gasteiger partial charge in [-0.2, -0.15) is 4.39 Å². The van der Waals surface area contributed by atoms with Crippen molar-refractivity contribution in [1.29, 1.82) is 0 Å². The highest BCUT2D eigenvalue weighted by molar-refractivity contribution is 5.68. The molecule has 1 heterocycles. The smallest absolute Gasteiger partial charge is 0.409 e. The SMILES string of the molecule is COC(=O)N1CCCC(Nc2cccc(F)c2[N+](=O)[O-])C1. The molecule has 2 rings (SSSR count). The number of amides is 1. The quantitative estimate of drug-likeness (QED) is 0.684. The minimum absolute atomic E-state index is 0.122. The summed E-state index contributed by atoms with van der Waals surface area (Å²) in [6.07, 6.45) is 1.05. The maximum Gasteiger partial charge on any atom is 0.409 e. The first-order valence-corrected chi connectivity index (χ1v) is 6.55. The second kappa shape index (κ2) is 6.38. The number of likely N-dealkylation sites (tertiary alicyclic amines) is 1. The van der Waals surface area contributed by atoms with Gasteiger partial charge < -0.3 is 15.0 Å². The molecule has 1 aromatic rings. The Morgan fingerprint density at radius 1 is 1.57 bits per heavy atom. The van der Waals surface area contributed by atoms with E-state index in [1.165, 1.54) is 24.1 Å². The van der Waals surface area contributed by atoms with Crippen molar-refractivity contribution in [2.24, 2.45) is 0 Å². The summed E-state index contributed by atoms with van der Waals surface area (Å²) in [6.45, 7) is 0.941. The van der Waals surface area contributed by atoms with Crippen molar-refractivity contribution >= 4 is 17.5 Å². The number of hydrogen-bond acceptors (Lipinski definition) is 5. The third kappa shape index (κ3) is 3.39. The molecule has 1 unspecified atom stereocenters. The first-order chi connectivity index (χ1) is 10.0. The molecule has 0 bridgehead atoms. The third-order valence-electron chi connectivity index (χ3n) is 3.38. The van der Waals surface area contributed by atoms with Crippen LogP contribution in [0.2, 0.25) is 0 Å².